The topological polar surface area (TPSA) is 119 Å². The molecule has 8 nitrogen and oxygen atoms in total. The summed E-state index contributed by atoms with van der Waals surface area (Å²) in [6.45, 7) is 4.18. The lowest BCUT2D eigenvalue weighted by molar-refractivity contribution is -0.124. The number of imidazole rings is 1. The summed E-state index contributed by atoms with van der Waals surface area (Å²) in [7, 11) is 0. The van der Waals surface area contributed by atoms with Crippen molar-refractivity contribution in [2.75, 3.05) is 12.3 Å². The first-order valence-electron chi connectivity index (χ1n) is 11.7. The van der Waals surface area contributed by atoms with Gasteiger partial charge in [0.2, 0.25) is 11.7 Å². The molecule has 0 bridgehead atoms. The van der Waals surface area contributed by atoms with Crippen molar-refractivity contribution in [1.29, 1.82) is 0 Å². The van der Waals surface area contributed by atoms with Crippen LogP contribution in [0.2, 0.25) is 0 Å². The van der Waals surface area contributed by atoms with Crippen LogP contribution >= 0.6 is 0 Å². The highest BCUT2D eigenvalue weighted by Gasteiger charge is 2.28. The summed E-state index contributed by atoms with van der Waals surface area (Å²) in [5.41, 5.74) is 6.31. The van der Waals surface area contributed by atoms with E-state index in [-0.39, 0.29) is 17.5 Å². The summed E-state index contributed by atoms with van der Waals surface area (Å²) in [4.78, 5) is 26.4. The lowest BCUT2D eigenvalue weighted by Gasteiger charge is -2.26. The number of likely N-dealkylation sites (N-methyl/N-ethyl adjacent to an activating group) is 1. The van der Waals surface area contributed by atoms with Crippen LogP contribution in [0.5, 0.6) is 0 Å². The van der Waals surface area contributed by atoms with Crippen LogP contribution in [-0.4, -0.2) is 42.7 Å². The number of hydrogen-bond acceptors (Lipinski definition) is 6. The fourth-order valence-corrected chi connectivity index (χ4v) is 4.39. The molecule has 0 saturated heterocycles. The number of nitrogens with zero attached hydrogens (tertiary/aromatic N) is 4. The van der Waals surface area contributed by atoms with Crippen molar-refractivity contribution in [3.8, 4) is 23.2 Å². The predicted octanol–water partition coefficient (Wildman–Crippen LogP) is 3.35. The zero-order valence-corrected chi connectivity index (χ0v) is 19.4. The summed E-state index contributed by atoms with van der Waals surface area (Å²) in [5, 5.41) is 13.6. The number of rotatable bonds is 5. The summed E-state index contributed by atoms with van der Waals surface area (Å²) >= 11 is 0. The van der Waals surface area contributed by atoms with Crippen molar-refractivity contribution in [2.24, 2.45) is 0 Å². The van der Waals surface area contributed by atoms with Crippen molar-refractivity contribution in [3.63, 3.8) is 0 Å². The molecule has 34 heavy (non-hydrogen) atoms. The number of nitrogen functional groups attached to an aromatic ring is 1. The van der Waals surface area contributed by atoms with Crippen LogP contribution in [0.15, 0.2) is 24.3 Å². The van der Waals surface area contributed by atoms with Gasteiger partial charge in [0.25, 0.3) is 0 Å². The minimum atomic E-state index is -1.06. The van der Waals surface area contributed by atoms with Crippen molar-refractivity contribution in [2.45, 2.75) is 64.0 Å². The fourth-order valence-electron chi connectivity index (χ4n) is 4.39. The quantitative estimate of drug-likeness (QED) is 0.498. The van der Waals surface area contributed by atoms with Crippen LogP contribution < -0.4 is 11.1 Å². The molecule has 1 amide bonds. The second-order valence-corrected chi connectivity index (χ2v) is 8.58. The molecule has 0 spiro atoms. The Hall–Kier alpha value is -3.51. The van der Waals surface area contributed by atoms with Crippen molar-refractivity contribution in [1.82, 2.24) is 24.8 Å². The third-order valence-electron chi connectivity index (χ3n) is 6.09. The molecule has 4 N–H and O–H groups in total. The van der Waals surface area contributed by atoms with Gasteiger partial charge in [-0.25, -0.2) is 19.3 Å². The number of halogens is 1. The molecule has 0 radical (unpaired) electrons. The Kier molecular flexibility index (Phi) is 6.80. The van der Waals surface area contributed by atoms with E-state index in [1.165, 1.54) is 12.1 Å². The number of carbonyl (C=O) groups excluding carboxylic acids is 1. The van der Waals surface area contributed by atoms with Crippen molar-refractivity contribution >= 4 is 22.9 Å². The van der Waals surface area contributed by atoms with E-state index in [1.54, 1.807) is 16.7 Å². The molecule has 1 unspecified atom stereocenters. The maximum atomic E-state index is 14.0. The third-order valence-corrected chi connectivity index (χ3v) is 6.09. The van der Waals surface area contributed by atoms with E-state index >= 15 is 0 Å². The maximum Gasteiger partial charge on any atom is 0.243 e. The molecule has 2 aromatic heterocycles. The molecule has 1 aromatic carbocycles. The smallest absolute Gasteiger partial charge is 0.243 e. The molecule has 1 atom stereocenters. The Morgan fingerprint density at radius 1 is 1.26 bits per heavy atom. The highest BCUT2D eigenvalue weighted by Crippen LogP contribution is 2.32. The van der Waals surface area contributed by atoms with E-state index in [0.717, 1.165) is 19.3 Å². The zero-order valence-electron chi connectivity index (χ0n) is 19.4. The van der Waals surface area contributed by atoms with Crippen LogP contribution in [0, 0.1) is 17.7 Å². The fraction of sp³-hybridized carbons (Fsp3) is 0.440. The minimum absolute atomic E-state index is 0.104. The zero-order chi connectivity index (χ0) is 24.3. The van der Waals surface area contributed by atoms with Gasteiger partial charge in [-0.2, -0.15) is 0 Å². The van der Waals surface area contributed by atoms with Gasteiger partial charge in [-0.05, 0) is 57.1 Å². The Labute approximate surface area is 197 Å². The normalized spacial score (nSPS) is 16.0. The predicted molar refractivity (Wildman–Crippen MR) is 128 cm³/mol. The lowest BCUT2D eigenvalue weighted by Crippen LogP contribution is -2.32. The Morgan fingerprint density at radius 2 is 2.03 bits per heavy atom. The summed E-state index contributed by atoms with van der Waals surface area (Å²) < 4.78 is 15.7. The van der Waals surface area contributed by atoms with Crippen LogP contribution in [0.3, 0.4) is 0 Å². The highest BCUT2D eigenvalue weighted by molar-refractivity contribution is 5.89. The minimum Gasteiger partial charge on any atom is -0.382 e. The molecule has 1 aliphatic carbocycles. The van der Waals surface area contributed by atoms with Gasteiger partial charge in [0.05, 0.1) is 0 Å². The van der Waals surface area contributed by atoms with Crippen molar-refractivity contribution < 1.29 is 14.3 Å². The summed E-state index contributed by atoms with van der Waals surface area (Å²) in [5.74, 6) is 5.79. The molecular weight excluding hydrogens is 435 g/mol. The number of aliphatic hydroxyl groups is 1. The molecule has 1 fully saturated rings. The van der Waals surface area contributed by atoms with Gasteiger partial charge >= 0.3 is 0 Å². The van der Waals surface area contributed by atoms with Crippen LogP contribution in [-0.2, 0) is 4.79 Å². The van der Waals surface area contributed by atoms with E-state index in [1.807, 2.05) is 13.8 Å². The van der Waals surface area contributed by atoms with Crippen LogP contribution in [0.1, 0.15) is 64.2 Å². The third kappa shape index (κ3) is 4.73. The van der Waals surface area contributed by atoms with Crippen molar-refractivity contribution in [3.05, 3.63) is 35.9 Å². The van der Waals surface area contributed by atoms with Gasteiger partial charge in [0, 0.05) is 12.1 Å². The number of amides is 1. The van der Waals surface area contributed by atoms with E-state index in [0.29, 0.717) is 48.4 Å². The molecule has 2 heterocycles. The van der Waals surface area contributed by atoms with E-state index in [4.69, 9.17) is 5.73 Å². The molecule has 9 heteroatoms. The average molecular weight is 465 g/mol. The summed E-state index contributed by atoms with van der Waals surface area (Å²) in [6.07, 6.45) is 4.58. The van der Waals surface area contributed by atoms with E-state index < -0.39 is 17.5 Å². The average Bonchev–Trinajstić information content (AvgIpc) is 3.19. The van der Waals surface area contributed by atoms with Crippen LogP contribution in [0.25, 0.3) is 22.6 Å². The standard InChI is InChI=1S/C25H29FN6O2/c1-3-18(24(33)28-4-2)32-22(16-9-8-10-17(26)15-16)31-20-21(27)29-19(30-23(20)32)11-14-25(34)12-6-5-7-13-25/h8-10,15,18,34H,3-7,12-13H2,1-2H3,(H,28,33)(H2,27,29,30). The van der Waals surface area contributed by atoms with Gasteiger partial charge in [-0.3, -0.25) is 9.36 Å². The number of nitrogens with one attached hydrogen (secondary N) is 1. The molecule has 4 rings (SSSR count). The van der Waals surface area contributed by atoms with Crippen LogP contribution in [0.4, 0.5) is 10.2 Å². The number of fused-ring (bicyclic) bond motifs is 1. The first-order valence-corrected chi connectivity index (χ1v) is 11.7. The largest absolute Gasteiger partial charge is 0.382 e. The maximum absolute atomic E-state index is 14.0. The number of nitrogens with two attached hydrogens (primary N) is 1. The number of hydrogen-bond donors (Lipinski definition) is 3. The molecule has 0 aliphatic heterocycles. The molecular formula is C25H29FN6O2. The van der Waals surface area contributed by atoms with E-state index in [2.05, 4.69) is 32.1 Å². The molecule has 178 valence electrons. The monoisotopic (exact) mass is 464 g/mol. The molecule has 1 saturated carbocycles. The van der Waals surface area contributed by atoms with E-state index in [9.17, 15) is 14.3 Å². The number of carbonyl (C=O) groups is 1. The second-order valence-electron chi connectivity index (χ2n) is 8.58. The lowest BCUT2D eigenvalue weighted by atomic mass is 9.85. The second kappa shape index (κ2) is 9.77. The Balaban J connectivity index is 1.91. The molecule has 3 aromatic rings. The molecule has 1 aliphatic rings. The Morgan fingerprint density at radius 3 is 2.71 bits per heavy atom. The number of anilines is 1. The van der Waals surface area contributed by atoms with Gasteiger partial charge in [0.1, 0.15) is 23.3 Å². The van der Waals surface area contributed by atoms with Gasteiger partial charge in [-0.15, -0.1) is 0 Å². The Bertz CT molecular complexity index is 1270. The van der Waals surface area contributed by atoms with Gasteiger partial charge in [0.15, 0.2) is 17.0 Å². The van der Waals surface area contributed by atoms with Gasteiger partial charge in [-0.1, -0.05) is 31.4 Å². The van der Waals surface area contributed by atoms with Gasteiger partial charge < -0.3 is 16.2 Å². The number of aromatic nitrogens is 4. The number of benzene rings is 1. The SMILES string of the molecule is CCNC(=O)C(CC)n1c(-c2cccc(F)c2)nc2c(N)nc(C#CC3(O)CCCCC3)nc21. The summed E-state index contributed by atoms with van der Waals surface area (Å²) in [6, 6.07) is 5.34. The first-order chi connectivity index (χ1) is 16.3. The first kappa shape index (κ1) is 23.6. The highest BCUT2D eigenvalue weighted by atomic mass is 19.1.